The number of aliphatic imine (C=N–C) groups is 1. The zero-order chi connectivity index (χ0) is 15.4. The highest BCUT2D eigenvalue weighted by molar-refractivity contribution is 5.93. The van der Waals surface area contributed by atoms with Gasteiger partial charge in [-0.2, -0.15) is 0 Å². The van der Waals surface area contributed by atoms with Gasteiger partial charge in [0.15, 0.2) is 23.3 Å². The van der Waals surface area contributed by atoms with E-state index in [0.717, 1.165) is 0 Å². The lowest BCUT2D eigenvalue weighted by Crippen LogP contribution is -2.37. The highest BCUT2D eigenvalue weighted by atomic mass is 19.2. The van der Waals surface area contributed by atoms with E-state index in [4.69, 9.17) is 5.84 Å². The molecular formula is C11H13F5N4. The molecule has 0 aromatic heterocycles. The summed E-state index contributed by atoms with van der Waals surface area (Å²) in [5.41, 5.74) is 0.760. The first-order chi connectivity index (χ1) is 9.29. The molecule has 4 N–H and O–H groups in total. The molecule has 1 rings (SSSR count). The molecule has 1 aromatic carbocycles. The summed E-state index contributed by atoms with van der Waals surface area (Å²) in [6.07, 6.45) is 0. The Bertz CT molecular complexity index is 501. The van der Waals surface area contributed by atoms with Crippen LogP contribution >= 0.6 is 0 Å². The zero-order valence-electron chi connectivity index (χ0n) is 10.7. The number of nitrogens with one attached hydrogen (secondary N) is 2. The molecule has 0 aliphatic heterocycles. The Balaban J connectivity index is 3.17. The lowest BCUT2D eigenvalue weighted by molar-refractivity contribution is 0.382. The summed E-state index contributed by atoms with van der Waals surface area (Å²) in [6, 6.07) is 0. The van der Waals surface area contributed by atoms with E-state index in [1.54, 1.807) is 0 Å². The number of benzene rings is 1. The van der Waals surface area contributed by atoms with E-state index in [1.165, 1.54) is 0 Å². The maximum Gasteiger partial charge on any atom is 0.210 e. The van der Waals surface area contributed by atoms with Crippen molar-refractivity contribution in [1.82, 2.24) is 5.43 Å². The lowest BCUT2D eigenvalue weighted by Gasteiger charge is -2.12. The van der Waals surface area contributed by atoms with Crippen LogP contribution in [0.2, 0.25) is 0 Å². The van der Waals surface area contributed by atoms with Crippen LogP contribution in [0, 0.1) is 35.0 Å². The van der Waals surface area contributed by atoms with Gasteiger partial charge in [-0.05, 0) is 5.92 Å². The first kappa shape index (κ1) is 16.2. The third-order valence-electron chi connectivity index (χ3n) is 2.20. The van der Waals surface area contributed by atoms with E-state index < -0.39 is 34.8 Å². The predicted molar refractivity (Wildman–Crippen MR) is 64.3 cm³/mol. The van der Waals surface area contributed by atoms with Crippen molar-refractivity contribution in [3.8, 4) is 0 Å². The molecule has 0 aliphatic rings. The largest absolute Gasteiger partial charge is 0.320 e. The standard InChI is InChI=1S/C11H13F5N4/c1-4(2)3-18-11(20-17)19-10-8(15)6(13)5(12)7(14)9(10)16/h4H,3,17H2,1-2H3,(H2,18,19,20). The molecule has 9 heteroatoms. The molecule has 4 nitrogen and oxygen atoms in total. The van der Waals surface area contributed by atoms with Crippen LogP contribution in [0.1, 0.15) is 13.8 Å². The van der Waals surface area contributed by atoms with Crippen LogP contribution in [0.5, 0.6) is 0 Å². The number of guanidine groups is 1. The van der Waals surface area contributed by atoms with Gasteiger partial charge in [-0.3, -0.25) is 10.4 Å². The highest BCUT2D eigenvalue weighted by Crippen LogP contribution is 2.26. The normalized spacial score (nSPS) is 11.9. The van der Waals surface area contributed by atoms with Crippen molar-refractivity contribution in [1.29, 1.82) is 0 Å². The van der Waals surface area contributed by atoms with Crippen molar-refractivity contribution in [2.75, 3.05) is 11.9 Å². The third kappa shape index (κ3) is 3.35. The number of hydrogen-bond donors (Lipinski definition) is 3. The van der Waals surface area contributed by atoms with Gasteiger partial charge >= 0.3 is 0 Å². The Labute approximate surface area is 111 Å². The molecule has 20 heavy (non-hydrogen) atoms. The molecule has 0 bridgehead atoms. The molecule has 0 unspecified atom stereocenters. The molecule has 0 saturated heterocycles. The van der Waals surface area contributed by atoms with Gasteiger partial charge in [-0.15, -0.1) is 0 Å². The second kappa shape index (κ2) is 6.51. The second-order valence-electron chi connectivity index (χ2n) is 4.30. The fourth-order valence-electron chi connectivity index (χ4n) is 1.23. The number of rotatable bonds is 3. The zero-order valence-corrected chi connectivity index (χ0v) is 10.7. The maximum atomic E-state index is 13.4. The van der Waals surface area contributed by atoms with Crippen LogP contribution in [0.4, 0.5) is 27.6 Å². The molecular weight excluding hydrogens is 283 g/mol. The minimum Gasteiger partial charge on any atom is -0.320 e. The van der Waals surface area contributed by atoms with Gasteiger partial charge in [0.2, 0.25) is 11.8 Å². The van der Waals surface area contributed by atoms with Crippen LogP contribution in [0.3, 0.4) is 0 Å². The van der Waals surface area contributed by atoms with Crippen molar-refractivity contribution in [3.63, 3.8) is 0 Å². The van der Waals surface area contributed by atoms with Gasteiger partial charge in [0.1, 0.15) is 5.69 Å². The fraction of sp³-hybridized carbons (Fsp3) is 0.364. The van der Waals surface area contributed by atoms with E-state index >= 15 is 0 Å². The summed E-state index contributed by atoms with van der Waals surface area (Å²) in [7, 11) is 0. The van der Waals surface area contributed by atoms with Crippen LogP contribution in [0.25, 0.3) is 0 Å². The quantitative estimate of drug-likeness (QED) is 0.152. The first-order valence-corrected chi connectivity index (χ1v) is 5.59. The SMILES string of the molecule is CC(C)CN=C(NN)Nc1c(F)c(F)c(F)c(F)c1F. The summed E-state index contributed by atoms with van der Waals surface area (Å²) in [5.74, 6) is -5.46. The van der Waals surface area contributed by atoms with Gasteiger partial charge in [0, 0.05) is 6.54 Å². The van der Waals surface area contributed by atoms with Crippen LogP contribution < -0.4 is 16.6 Å². The van der Waals surface area contributed by atoms with E-state index in [9.17, 15) is 22.0 Å². The maximum absolute atomic E-state index is 13.4. The Morgan fingerprint density at radius 3 is 1.85 bits per heavy atom. The van der Waals surface area contributed by atoms with Gasteiger partial charge in [0.05, 0.1) is 0 Å². The number of nitrogens with two attached hydrogens (primary N) is 1. The summed E-state index contributed by atoms with van der Waals surface area (Å²) >= 11 is 0. The Morgan fingerprint density at radius 2 is 1.45 bits per heavy atom. The van der Waals surface area contributed by atoms with Crippen LogP contribution in [-0.4, -0.2) is 12.5 Å². The van der Waals surface area contributed by atoms with E-state index in [2.05, 4.69) is 4.99 Å². The van der Waals surface area contributed by atoms with Crippen molar-refractivity contribution >= 4 is 11.6 Å². The van der Waals surface area contributed by atoms with Crippen molar-refractivity contribution in [2.24, 2.45) is 16.8 Å². The molecule has 0 fully saturated rings. The molecule has 0 spiro atoms. The molecule has 0 atom stereocenters. The monoisotopic (exact) mass is 296 g/mol. The van der Waals surface area contributed by atoms with Crippen LogP contribution in [0.15, 0.2) is 4.99 Å². The second-order valence-corrected chi connectivity index (χ2v) is 4.30. The van der Waals surface area contributed by atoms with Crippen LogP contribution in [-0.2, 0) is 0 Å². The molecule has 112 valence electrons. The van der Waals surface area contributed by atoms with Gasteiger partial charge in [0.25, 0.3) is 0 Å². The predicted octanol–water partition coefficient (Wildman–Crippen LogP) is 2.27. The van der Waals surface area contributed by atoms with Gasteiger partial charge in [-0.25, -0.2) is 27.8 Å². The minimum atomic E-state index is -2.23. The number of hydrazine groups is 1. The van der Waals surface area contributed by atoms with Crippen molar-refractivity contribution < 1.29 is 22.0 Å². The highest BCUT2D eigenvalue weighted by Gasteiger charge is 2.26. The van der Waals surface area contributed by atoms with Crippen molar-refractivity contribution in [2.45, 2.75) is 13.8 Å². The molecule has 0 amide bonds. The molecule has 0 saturated carbocycles. The molecule has 1 aromatic rings. The average molecular weight is 296 g/mol. The van der Waals surface area contributed by atoms with Crippen molar-refractivity contribution in [3.05, 3.63) is 29.1 Å². The minimum absolute atomic E-state index is 0.108. The average Bonchev–Trinajstić information content (AvgIpc) is 2.42. The Morgan fingerprint density at radius 1 is 1.00 bits per heavy atom. The molecule has 0 aliphatic carbocycles. The number of anilines is 1. The summed E-state index contributed by atoms with van der Waals surface area (Å²) < 4.78 is 65.6. The van der Waals surface area contributed by atoms with Gasteiger partial charge in [-0.1, -0.05) is 13.8 Å². The van der Waals surface area contributed by atoms with E-state index in [0.29, 0.717) is 0 Å². The summed E-state index contributed by atoms with van der Waals surface area (Å²) in [4.78, 5) is 3.80. The summed E-state index contributed by atoms with van der Waals surface area (Å²) in [5, 5.41) is 1.95. The van der Waals surface area contributed by atoms with Gasteiger partial charge < -0.3 is 5.32 Å². The number of nitrogens with zero attached hydrogens (tertiary/aromatic N) is 1. The summed E-state index contributed by atoms with van der Waals surface area (Å²) in [6.45, 7) is 3.87. The fourth-order valence-corrected chi connectivity index (χ4v) is 1.23. The number of hydrogen-bond acceptors (Lipinski definition) is 2. The Kier molecular flexibility index (Phi) is 5.26. The molecule has 0 radical (unpaired) electrons. The smallest absolute Gasteiger partial charge is 0.210 e. The Hall–Kier alpha value is -1.90. The third-order valence-corrected chi connectivity index (χ3v) is 2.20. The first-order valence-electron chi connectivity index (χ1n) is 5.59. The topological polar surface area (TPSA) is 62.4 Å². The van der Waals surface area contributed by atoms with E-state index in [1.807, 2.05) is 24.6 Å². The van der Waals surface area contributed by atoms with E-state index in [-0.39, 0.29) is 18.4 Å². The number of halogens is 5. The lowest BCUT2D eigenvalue weighted by atomic mass is 10.2. The molecule has 0 heterocycles.